The number of ether oxygens (including phenoxy) is 1. The number of anilines is 2. The van der Waals surface area contributed by atoms with Gasteiger partial charge in [0.1, 0.15) is 17.7 Å². The van der Waals surface area contributed by atoms with Gasteiger partial charge in [-0.05, 0) is 41.0 Å². The number of aromatic amines is 1. The maximum Gasteiger partial charge on any atom is 0.414 e. The molecule has 1 saturated heterocycles. The van der Waals surface area contributed by atoms with Crippen LogP contribution >= 0.6 is 0 Å². The Morgan fingerprint density at radius 2 is 2.07 bits per heavy atom. The first-order chi connectivity index (χ1) is 14.1. The molecule has 2 aliphatic heterocycles. The van der Waals surface area contributed by atoms with Crippen molar-refractivity contribution < 1.29 is 19.0 Å². The number of rotatable bonds is 4. The zero-order valence-electron chi connectivity index (χ0n) is 15.4. The number of halogens is 1. The fourth-order valence-corrected chi connectivity index (χ4v) is 3.81. The van der Waals surface area contributed by atoms with Gasteiger partial charge in [-0.1, -0.05) is 17.3 Å². The molecule has 1 fully saturated rings. The maximum absolute atomic E-state index is 14.9. The minimum absolute atomic E-state index is 0.200. The fraction of sp³-hybridized carbons (Fsp3) is 0.250. The van der Waals surface area contributed by atoms with Crippen molar-refractivity contribution in [3.63, 3.8) is 0 Å². The van der Waals surface area contributed by atoms with Crippen LogP contribution in [-0.2, 0) is 17.8 Å². The van der Waals surface area contributed by atoms with E-state index < -0.39 is 18.0 Å². The molecule has 0 aliphatic carbocycles. The Labute approximate surface area is 165 Å². The highest BCUT2D eigenvalue weighted by Gasteiger charge is 2.32. The molecule has 29 heavy (non-hydrogen) atoms. The van der Waals surface area contributed by atoms with Crippen molar-refractivity contribution in [3.8, 4) is 11.1 Å². The van der Waals surface area contributed by atoms with E-state index in [4.69, 9.17) is 9.84 Å². The van der Waals surface area contributed by atoms with Crippen LogP contribution in [0.4, 0.5) is 20.7 Å². The number of benzene rings is 2. The van der Waals surface area contributed by atoms with Crippen LogP contribution in [0, 0.1) is 5.82 Å². The lowest BCUT2D eigenvalue weighted by molar-refractivity contribution is 0.0963. The van der Waals surface area contributed by atoms with E-state index >= 15 is 0 Å². The Morgan fingerprint density at radius 3 is 2.79 bits per heavy atom. The average Bonchev–Trinajstić information content (AvgIpc) is 3.46. The molecule has 5 rings (SSSR count). The Bertz CT molecular complexity index is 1070. The SMILES string of the molecule is O=C1O[C@@H](CO)CN1c1ccc(-c2ccc3c(c2)CN(c2cnn[nH]2)C3)c(F)c1. The number of hydrogen-bond acceptors (Lipinski definition) is 6. The summed E-state index contributed by atoms with van der Waals surface area (Å²) in [5.41, 5.74) is 3.94. The second kappa shape index (κ2) is 6.85. The molecule has 1 atom stereocenters. The van der Waals surface area contributed by atoms with Crippen molar-refractivity contribution in [3.05, 3.63) is 59.5 Å². The summed E-state index contributed by atoms with van der Waals surface area (Å²) >= 11 is 0. The van der Waals surface area contributed by atoms with Crippen molar-refractivity contribution in [2.75, 3.05) is 23.0 Å². The van der Waals surface area contributed by atoms with Crippen molar-refractivity contribution in [2.45, 2.75) is 19.2 Å². The van der Waals surface area contributed by atoms with Gasteiger partial charge in [0.25, 0.3) is 0 Å². The summed E-state index contributed by atoms with van der Waals surface area (Å²) < 4.78 is 19.9. The third kappa shape index (κ3) is 3.09. The molecule has 0 unspecified atom stereocenters. The van der Waals surface area contributed by atoms with Crippen molar-refractivity contribution in [2.24, 2.45) is 0 Å². The van der Waals surface area contributed by atoms with Gasteiger partial charge in [-0.15, -0.1) is 5.10 Å². The van der Waals surface area contributed by atoms with Crippen LogP contribution < -0.4 is 9.80 Å². The van der Waals surface area contributed by atoms with Crippen LogP contribution in [0.15, 0.2) is 42.6 Å². The van der Waals surface area contributed by atoms with Gasteiger partial charge in [0.2, 0.25) is 0 Å². The third-order valence-corrected chi connectivity index (χ3v) is 5.32. The Balaban J connectivity index is 1.40. The summed E-state index contributed by atoms with van der Waals surface area (Å²) in [6.07, 6.45) is 0.507. The van der Waals surface area contributed by atoms with E-state index in [0.717, 1.165) is 23.5 Å². The summed E-state index contributed by atoms with van der Waals surface area (Å²) in [6, 6.07) is 10.6. The molecule has 8 nitrogen and oxygen atoms in total. The van der Waals surface area contributed by atoms with Crippen LogP contribution in [-0.4, -0.2) is 45.9 Å². The number of cyclic esters (lactones) is 1. The molecule has 3 heterocycles. The standard InChI is InChI=1S/C20H18FN5O3/c21-18-6-15(26-10-16(11-27)29-20(26)28)3-4-17(18)12-1-2-13-8-25(9-14(13)5-12)19-7-22-24-23-19/h1-7,16,27H,8-11H2,(H,22,23,24)/t16-/m1/s1. The number of H-pyrrole nitrogens is 1. The lowest BCUT2D eigenvalue weighted by Gasteiger charge is -2.14. The second-order valence-corrected chi connectivity index (χ2v) is 7.14. The van der Waals surface area contributed by atoms with Gasteiger partial charge in [0.15, 0.2) is 0 Å². The van der Waals surface area contributed by atoms with Crippen LogP contribution in [0.3, 0.4) is 0 Å². The number of aliphatic hydroxyl groups excluding tert-OH is 1. The van der Waals surface area contributed by atoms with Gasteiger partial charge in [-0.2, -0.15) is 0 Å². The quantitative estimate of drug-likeness (QED) is 0.705. The van der Waals surface area contributed by atoms with Gasteiger partial charge >= 0.3 is 6.09 Å². The number of aliphatic hydroxyl groups is 1. The number of nitrogens with zero attached hydrogens (tertiary/aromatic N) is 4. The summed E-state index contributed by atoms with van der Waals surface area (Å²) in [7, 11) is 0. The van der Waals surface area contributed by atoms with Crippen molar-refractivity contribution in [1.29, 1.82) is 0 Å². The highest BCUT2D eigenvalue weighted by atomic mass is 19.1. The molecule has 1 aromatic heterocycles. The van der Waals surface area contributed by atoms with E-state index in [0.29, 0.717) is 17.8 Å². The number of fused-ring (bicyclic) bond motifs is 1. The fourth-order valence-electron chi connectivity index (χ4n) is 3.81. The van der Waals surface area contributed by atoms with E-state index in [9.17, 15) is 9.18 Å². The predicted octanol–water partition coefficient (Wildman–Crippen LogP) is 2.45. The van der Waals surface area contributed by atoms with E-state index in [-0.39, 0.29) is 13.2 Å². The maximum atomic E-state index is 14.9. The van der Waals surface area contributed by atoms with Crippen LogP contribution in [0.25, 0.3) is 11.1 Å². The summed E-state index contributed by atoms with van der Waals surface area (Å²) in [5.74, 6) is 0.423. The summed E-state index contributed by atoms with van der Waals surface area (Å²) in [6.45, 7) is 1.37. The molecule has 0 saturated carbocycles. The number of carbonyl (C=O) groups is 1. The minimum Gasteiger partial charge on any atom is -0.441 e. The molecule has 0 radical (unpaired) electrons. The number of nitrogens with one attached hydrogen (secondary N) is 1. The molecule has 0 bridgehead atoms. The van der Waals surface area contributed by atoms with E-state index in [1.54, 1.807) is 18.3 Å². The van der Waals surface area contributed by atoms with E-state index in [1.165, 1.54) is 16.5 Å². The molecular formula is C20H18FN5O3. The van der Waals surface area contributed by atoms with Gasteiger partial charge < -0.3 is 14.7 Å². The van der Waals surface area contributed by atoms with Crippen LogP contribution in [0.5, 0.6) is 0 Å². The van der Waals surface area contributed by atoms with Crippen LogP contribution in [0.2, 0.25) is 0 Å². The molecule has 2 aromatic carbocycles. The lowest BCUT2D eigenvalue weighted by atomic mass is 10.00. The molecule has 0 spiro atoms. The minimum atomic E-state index is -0.588. The van der Waals surface area contributed by atoms with E-state index in [2.05, 4.69) is 20.3 Å². The second-order valence-electron chi connectivity index (χ2n) is 7.14. The lowest BCUT2D eigenvalue weighted by Crippen LogP contribution is -2.25. The highest BCUT2D eigenvalue weighted by molar-refractivity contribution is 5.90. The van der Waals surface area contributed by atoms with E-state index in [1.807, 2.05) is 18.2 Å². The number of hydrogen-bond donors (Lipinski definition) is 2. The molecule has 9 heteroatoms. The summed E-state index contributed by atoms with van der Waals surface area (Å²) in [5, 5.41) is 19.6. The zero-order valence-corrected chi connectivity index (χ0v) is 15.4. The molecule has 2 aliphatic rings. The zero-order chi connectivity index (χ0) is 20.0. The van der Waals surface area contributed by atoms with Gasteiger partial charge in [0, 0.05) is 18.7 Å². The smallest absolute Gasteiger partial charge is 0.414 e. The molecule has 1 amide bonds. The Hall–Kier alpha value is -3.46. The van der Waals surface area contributed by atoms with Gasteiger partial charge in [0.05, 0.1) is 25.0 Å². The largest absolute Gasteiger partial charge is 0.441 e. The molecule has 3 aromatic rings. The predicted molar refractivity (Wildman–Crippen MR) is 103 cm³/mol. The molecule has 148 valence electrons. The van der Waals surface area contributed by atoms with Gasteiger partial charge in [-0.25, -0.2) is 14.3 Å². The number of aromatic nitrogens is 3. The number of amides is 1. The molecule has 2 N–H and O–H groups in total. The van der Waals surface area contributed by atoms with Gasteiger partial charge in [-0.3, -0.25) is 4.90 Å². The summed E-state index contributed by atoms with van der Waals surface area (Å²) in [4.78, 5) is 15.4. The molecular weight excluding hydrogens is 377 g/mol. The first-order valence-electron chi connectivity index (χ1n) is 9.24. The first-order valence-corrected chi connectivity index (χ1v) is 9.24. The topological polar surface area (TPSA) is 94.6 Å². The van der Waals surface area contributed by atoms with Crippen molar-refractivity contribution in [1.82, 2.24) is 15.4 Å². The number of carbonyl (C=O) groups excluding carboxylic acids is 1. The monoisotopic (exact) mass is 395 g/mol. The highest BCUT2D eigenvalue weighted by Crippen LogP contribution is 2.33. The first kappa shape index (κ1) is 17.6. The average molecular weight is 395 g/mol. The normalized spacial score (nSPS) is 18.3. The van der Waals surface area contributed by atoms with Crippen LogP contribution in [0.1, 0.15) is 11.1 Å². The third-order valence-electron chi connectivity index (χ3n) is 5.32. The Morgan fingerprint density at radius 1 is 1.21 bits per heavy atom. The van der Waals surface area contributed by atoms with Crippen molar-refractivity contribution >= 4 is 17.6 Å². The Kier molecular flexibility index (Phi) is 4.17.